The van der Waals surface area contributed by atoms with E-state index in [4.69, 9.17) is 5.73 Å². The molecule has 0 unspecified atom stereocenters. The Hall–Kier alpha value is -0.780. The van der Waals surface area contributed by atoms with E-state index < -0.39 is 18.1 Å². The smallest absolute Gasteiger partial charge is 0.340 e. The molecule has 1 saturated heterocycles. The molecular weight excluding hydrogens is 221 g/mol. The molecule has 6 heteroatoms. The van der Waals surface area contributed by atoms with Gasteiger partial charge in [-0.3, -0.25) is 4.79 Å². The second-order valence-electron chi connectivity index (χ2n) is 4.69. The normalized spacial score (nSPS) is 28.2. The first-order valence-corrected chi connectivity index (χ1v) is 5.31. The predicted octanol–water partition coefficient (Wildman–Crippen LogP) is 1.52. The van der Waals surface area contributed by atoms with Gasteiger partial charge in [0, 0.05) is 13.1 Å². The van der Waals surface area contributed by atoms with Crippen molar-refractivity contribution in [3.8, 4) is 0 Å². The summed E-state index contributed by atoms with van der Waals surface area (Å²) in [7, 11) is 0. The Morgan fingerprint density at radius 2 is 2.12 bits per heavy atom. The number of nitrogens with two attached hydrogens (primary N) is 1. The maximum atomic E-state index is 12.3. The maximum Gasteiger partial charge on any atom is 0.412 e. The average Bonchev–Trinajstić information content (AvgIpc) is 2.58. The number of carbonyl (C=O) groups is 1. The summed E-state index contributed by atoms with van der Waals surface area (Å²) >= 11 is 0. The summed E-state index contributed by atoms with van der Waals surface area (Å²) in [5, 5.41) is 0. The number of hydrogen-bond donors (Lipinski definition) is 1. The quantitative estimate of drug-likeness (QED) is 0.793. The van der Waals surface area contributed by atoms with Crippen LogP contribution in [0.1, 0.15) is 26.7 Å². The molecular formula is C10H17F3N2O. The topological polar surface area (TPSA) is 46.3 Å². The second kappa shape index (κ2) is 4.24. The van der Waals surface area contributed by atoms with Gasteiger partial charge in [-0.05, 0) is 18.3 Å². The first-order valence-electron chi connectivity index (χ1n) is 5.31. The minimum atomic E-state index is -4.65. The van der Waals surface area contributed by atoms with Crippen LogP contribution >= 0.6 is 0 Å². The summed E-state index contributed by atoms with van der Waals surface area (Å²) in [6.07, 6.45) is -3.07. The van der Waals surface area contributed by atoms with E-state index in [-0.39, 0.29) is 5.41 Å². The third-order valence-electron chi connectivity index (χ3n) is 3.34. The summed E-state index contributed by atoms with van der Waals surface area (Å²) in [6, 6.07) is -2.38. The van der Waals surface area contributed by atoms with Crippen LogP contribution in [0.3, 0.4) is 0 Å². The minimum Gasteiger partial charge on any atom is -0.340 e. The Bertz CT molecular complexity index is 280. The third kappa shape index (κ3) is 2.66. The van der Waals surface area contributed by atoms with Crippen molar-refractivity contribution < 1.29 is 18.0 Å². The van der Waals surface area contributed by atoms with Crippen LogP contribution < -0.4 is 5.73 Å². The predicted molar refractivity (Wildman–Crippen MR) is 53.6 cm³/mol. The van der Waals surface area contributed by atoms with Gasteiger partial charge in [0.2, 0.25) is 5.91 Å². The molecule has 1 amide bonds. The zero-order valence-corrected chi connectivity index (χ0v) is 9.47. The standard InChI is InChI=1S/C10H17F3N2O/c1-3-9(2)4-5-15(6-9)8(16)7(14)10(11,12)13/h7H,3-6,14H2,1-2H3/t7-,9-/m0/s1. The summed E-state index contributed by atoms with van der Waals surface area (Å²) in [6.45, 7) is 4.68. The van der Waals surface area contributed by atoms with E-state index in [9.17, 15) is 18.0 Å². The fraction of sp³-hybridized carbons (Fsp3) is 0.900. The van der Waals surface area contributed by atoms with E-state index in [1.807, 2.05) is 13.8 Å². The molecule has 94 valence electrons. The zero-order chi connectivity index (χ0) is 12.6. The fourth-order valence-electron chi connectivity index (χ4n) is 1.84. The number of rotatable bonds is 2. The van der Waals surface area contributed by atoms with Crippen LogP contribution in [0.4, 0.5) is 13.2 Å². The third-order valence-corrected chi connectivity index (χ3v) is 3.34. The number of halogens is 3. The first kappa shape index (κ1) is 13.3. The van der Waals surface area contributed by atoms with Gasteiger partial charge in [0.25, 0.3) is 0 Å². The lowest BCUT2D eigenvalue weighted by Crippen LogP contribution is -2.51. The lowest BCUT2D eigenvalue weighted by Gasteiger charge is -2.25. The molecule has 1 rings (SSSR count). The summed E-state index contributed by atoms with van der Waals surface area (Å²) < 4.78 is 36.8. The second-order valence-corrected chi connectivity index (χ2v) is 4.69. The minimum absolute atomic E-state index is 0.0685. The molecule has 0 aromatic heterocycles. The van der Waals surface area contributed by atoms with E-state index >= 15 is 0 Å². The van der Waals surface area contributed by atoms with Gasteiger partial charge in [-0.25, -0.2) is 0 Å². The molecule has 1 fully saturated rings. The first-order chi connectivity index (χ1) is 7.19. The molecule has 0 bridgehead atoms. The highest BCUT2D eigenvalue weighted by atomic mass is 19.4. The molecule has 0 aromatic carbocycles. The van der Waals surface area contributed by atoms with Gasteiger partial charge in [0.15, 0.2) is 6.04 Å². The number of hydrogen-bond acceptors (Lipinski definition) is 2. The lowest BCUT2D eigenvalue weighted by atomic mass is 9.87. The van der Waals surface area contributed by atoms with Crippen molar-refractivity contribution in [1.29, 1.82) is 0 Å². The Morgan fingerprint density at radius 3 is 2.50 bits per heavy atom. The van der Waals surface area contributed by atoms with Crippen molar-refractivity contribution >= 4 is 5.91 Å². The summed E-state index contributed by atoms with van der Waals surface area (Å²) in [5.41, 5.74) is 4.82. The van der Waals surface area contributed by atoms with Crippen LogP contribution in [0.15, 0.2) is 0 Å². The van der Waals surface area contributed by atoms with Gasteiger partial charge in [-0.15, -0.1) is 0 Å². The van der Waals surface area contributed by atoms with Gasteiger partial charge in [-0.1, -0.05) is 13.8 Å². The van der Waals surface area contributed by atoms with Gasteiger partial charge in [0.05, 0.1) is 0 Å². The van der Waals surface area contributed by atoms with Crippen LogP contribution in [0.5, 0.6) is 0 Å². The fourth-order valence-corrected chi connectivity index (χ4v) is 1.84. The van der Waals surface area contributed by atoms with Crippen LogP contribution in [-0.2, 0) is 4.79 Å². The SMILES string of the molecule is CC[C@@]1(C)CCN(C(=O)[C@H](N)C(F)(F)F)C1. The highest BCUT2D eigenvalue weighted by molar-refractivity contribution is 5.82. The van der Waals surface area contributed by atoms with E-state index in [2.05, 4.69) is 0 Å². The van der Waals surface area contributed by atoms with Gasteiger partial charge in [0.1, 0.15) is 0 Å². The molecule has 3 nitrogen and oxygen atoms in total. The Labute approximate surface area is 92.8 Å². The highest BCUT2D eigenvalue weighted by Crippen LogP contribution is 2.34. The van der Waals surface area contributed by atoms with Crippen LogP contribution in [-0.4, -0.2) is 36.1 Å². The molecule has 0 aromatic rings. The van der Waals surface area contributed by atoms with Crippen LogP contribution in [0, 0.1) is 5.41 Å². The van der Waals surface area contributed by atoms with Gasteiger partial charge < -0.3 is 10.6 Å². The van der Waals surface area contributed by atoms with E-state index in [1.165, 1.54) is 4.90 Å². The van der Waals surface area contributed by atoms with E-state index in [0.29, 0.717) is 13.1 Å². The van der Waals surface area contributed by atoms with Gasteiger partial charge in [-0.2, -0.15) is 13.2 Å². The van der Waals surface area contributed by atoms with Crippen molar-refractivity contribution in [3.05, 3.63) is 0 Å². The van der Waals surface area contributed by atoms with Crippen molar-refractivity contribution in [2.75, 3.05) is 13.1 Å². The van der Waals surface area contributed by atoms with Crippen LogP contribution in [0.2, 0.25) is 0 Å². The summed E-state index contributed by atoms with van der Waals surface area (Å²) in [5.74, 6) is -1.01. The molecule has 16 heavy (non-hydrogen) atoms. The maximum absolute atomic E-state index is 12.3. The number of likely N-dealkylation sites (tertiary alicyclic amines) is 1. The van der Waals surface area contributed by atoms with Crippen molar-refractivity contribution in [1.82, 2.24) is 4.90 Å². The van der Waals surface area contributed by atoms with Crippen LogP contribution in [0.25, 0.3) is 0 Å². The van der Waals surface area contributed by atoms with E-state index in [0.717, 1.165) is 12.8 Å². The summed E-state index contributed by atoms with van der Waals surface area (Å²) in [4.78, 5) is 12.7. The molecule has 2 N–H and O–H groups in total. The highest BCUT2D eigenvalue weighted by Gasteiger charge is 2.46. The molecule has 0 spiro atoms. The Morgan fingerprint density at radius 1 is 1.56 bits per heavy atom. The lowest BCUT2D eigenvalue weighted by molar-refractivity contribution is -0.169. The molecule has 0 radical (unpaired) electrons. The van der Waals surface area contributed by atoms with Crippen molar-refractivity contribution in [3.63, 3.8) is 0 Å². The average molecular weight is 238 g/mol. The Balaban J connectivity index is 2.65. The number of alkyl halides is 3. The largest absolute Gasteiger partial charge is 0.412 e. The van der Waals surface area contributed by atoms with Gasteiger partial charge >= 0.3 is 6.18 Å². The molecule has 0 saturated carbocycles. The number of amides is 1. The molecule has 1 heterocycles. The number of carbonyl (C=O) groups excluding carboxylic acids is 1. The monoisotopic (exact) mass is 238 g/mol. The van der Waals surface area contributed by atoms with Crippen molar-refractivity contribution in [2.24, 2.45) is 11.1 Å². The Kier molecular flexibility index (Phi) is 3.52. The molecule has 0 aliphatic carbocycles. The van der Waals surface area contributed by atoms with Crippen molar-refractivity contribution in [2.45, 2.75) is 38.9 Å². The molecule has 2 atom stereocenters. The number of nitrogens with zero attached hydrogens (tertiary/aromatic N) is 1. The molecule has 1 aliphatic heterocycles. The van der Waals surface area contributed by atoms with E-state index in [1.54, 1.807) is 0 Å². The molecule has 1 aliphatic rings. The zero-order valence-electron chi connectivity index (χ0n) is 9.47.